The van der Waals surface area contributed by atoms with E-state index in [0.717, 1.165) is 10.6 Å². The molecule has 0 saturated heterocycles. The van der Waals surface area contributed by atoms with Gasteiger partial charge in [0.2, 0.25) is 5.95 Å². The number of nitrogens with zero attached hydrogens (tertiary/aromatic N) is 4. The number of carbonyl (C=O) groups excluding carboxylic acids is 2. The molecule has 0 bridgehead atoms. The topological polar surface area (TPSA) is 191 Å². The Bertz CT molecular complexity index is 1600. The second-order valence-electron chi connectivity index (χ2n) is 9.18. The van der Waals surface area contributed by atoms with Crippen LogP contribution in [0.4, 0.5) is 5.95 Å². The van der Waals surface area contributed by atoms with Crippen LogP contribution in [0.25, 0.3) is 11.2 Å². The normalized spacial score (nSPS) is 11.7. The highest BCUT2D eigenvalue weighted by Crippen LogP contribution is 2.28. The number of nitrogens with two attached hydrogens (primary N) is 1. The van der Waals surface area contributed by atoms with E-state index in [-0.39, 0.29) is 48.8 Å². The van der Waals surface area contributed by atoms with Gasteiger partial charge < -0.3 is 15.6 Å². The molecule has 12 nitrogen and oxygen atoms in total. The number of carboxylic acid groups (broad SMARTS) is 1. The maximum Gasteiger partial charge on any atom is 0.306 e. The Hall–Kier alpha value is -4.30. The molecule has 0 amide bonds. The van der Waals surface area contributed by atoms with Crippen molar-refractivity contribution < 1.29 is 24.2 Å². The number of H-pyrrole nitrogens is 1. The summed E-state index contributed by atoms with van der Waals surface area (Å²) in [6.07, 6.45) is 4.01. The average molecular weight is 609 g/mol. The van der Waals surface area contributed by atoms with Crippen LogP contribution in [0.1, 0.15) is 40.9 Å². The van der Waals surface area contributed by atoms with Crippen LogP contribution in [0, 0.1) is 5.92 Å². The van der Waals surface area contributed by atoms with Gasteiger partial charge in [-0.25, -0.2) is 15.0 Å². The monoisotopic (exact) mass is 608 g/mol. The molecule has 4 N–H and O–H groups in total. The number of pyridine rings is 1. The van der Waals surface area contributed by atoms with Gasteiger partial charge in [0.15, 0.2) is 16.9 Å². The number of hydrogen-bond donors (Lipinski definition) is 3. The molecule has 4 aromatic rings. The minimum absolute atomic E-state index is 0.00551. The van der Waals surface area contributed by atoms with Crippen molar-refractivity contribution in [2.24, 2.45) is 5.92 Å². The summed E-state index contributed by atoms with van der Waals surface area (Å²) in [5.41, 5.74) is 7.26. The number of carboxylic acids is 1. The third kappa shape index (κ3) is 9.11. The number of ether oxygens (including phenoxy) is 1. The van der Waals surface area contributed by atoms with E-state index in [0.29, 0.717) is 29.9 Å². The fraction of sp³-hybridized carbons (Fsp3) is 0.286. The number of ketones is 1. The second-order valence-corrected chi connectivity index (χ2v) is 11.6. The number of aliphatic carboxylic acids is 1. The van der Waals surface area contributed by atoms with Crippen molar-refractivity contribution in [3.8, 4) is 0 Å². The van der Waals surface area contributed by atoms with Crippen molar-refractivity contribution >= 4 is 56.4 Å². The minimum Gasteiger partial charge on any atom is -0.481 e. The van der Waals surface area contributed by atoms with Gasteiger partial charge >= 0.3 is 11.9 Å². The number of aryl methyl sites for hydroxylation is 2. The summed E-state index contributed by atoms with van der Waals surface area (Å²) in [6.45, 7) is 0.199. The Balaban J connectivity index is 1.20. The molecule has 0 aliphatic heterocycles. The highest BCUT2D eigenvalue weighted by atomic mass is 33.1. The first-order chi connectivity index (χ1) is 20.3. The average Bonchev–Trinajstić information content (AvgIpc) is 2.98. The number of aromatic amines is 1. The van der Waals surface area contributed by atoms with Gasteiger partial charge in [-0.15, -0.1) is 0 Å². The lowest BCUT2D eigenvalue weighted by atomic mass is 9.93. The molecular formula is C28H28N6O6S2. The van der Waals surface area contributed by atoms with Gasteiger partial charge in [0.05, 0.1) is 17.8 Å². The smallest absolute Gasteiger partial charge is 0.306 e. The molecule has 1 aromatic carbocycles. The third-order valence-electron chi connectivity index (χ3n) is 6.12. The molecule has 0 fully saturated rings. The van der Waals surface area contributed by atoms with Gasteiger partial charge in [0.25, 0.3) is 5.56 Å². The number of Topliss-reactive ketones (excluding diaryl/α,β-unsaturated/α-hetero) is 1. The van der Waals surface area contributed by atoms with Crippen LogP contribution in [-0.4, -0.2) is 60.1 Å². The number of esters is 1. The summed E-state index contributed by atoms with van der Waals surface area (Å²) in [6, 6.07) is 12.5. The number of rotatable bonds is 15. The highest BCUT2D eigenvalue weighted by molar-refractivity contribution is 8.76. The second kappa shape index (κ2) is 15.1. The highest BCUT2D eigenvalue weighted by Gasteiger charge is 2.23. The zero-order chi connectivity index (χ0) is 29.9. The van der Waals surface area contributed by atoms with E-state index in [1.807, 2.05) is 18.2 Å². The van der Waals surface area contributed by atoms with E-state index in [2.05, 4.69) is 24.9 Å². The fourth-order valence-corrected chi connectivity index (χ4v) is 5.63. The quantitative estimate of drug-likeness (QED) is 0.0769. The summed E-state index contributed by atoms with van der Waals surface area (Å²) in [4.78, 5) is 67.7. The lowest BCUT2D eigenvalue weighted by molar-refractivity contribution is -0.145. The number of aromatic nitrogens is 5. The summed E-state index contributed by atoms with van der Waals surface area (Å²) < 4.78 is 5.19. The van der Waals surface area contributed by atoms with Crippen LogP contribution < -0.4 is 11.3 Å². The third-order valence-corrected chi connectivity index (χ3v) is 8.35. The van der Waals surface area contributed by atoms with Crippen molar-refractivity contribution in [2.45, 2.75) is 37.1 Å². The Labute approximate surface area is 248 Å². The molecule has 0 radical (unpaired) electrons. The SMILES string of the molecule is Nc1nc2ncc(CCc3ccc(C(=O)C[C@@H](CCC(=O)OCCSSc4ccccn4)C(=O)O)cc3)nc2c(=O)[nH]1. The number of benzene rings is 1. The van der Waals surface area contributed by atoms with Crippen molar-refractivity contribution in [3.63, 3.8) is 0 Å². The van der Waals surface area contributed by atoms with E-state index >= 15 is 0 Å². The Morgan fingerprint density at radius 2 is 1.86 bits per heavy atom. The molecule has 42 heavy (non-hydrogen) atoms. The number of anilines is 1. The van der Waals surface area contributed by atoms with Gasteiger partial charge in [-0.05, 0) is 47.8 Å². The molecule has 0 spiro atoms. The maximum atomic E-state index is 12.8. The molecule has 0 saturated carbocycles. The molecule has 3 aromatic heterocycles. The van der Waals surface area contributed by atoms with E-state index in [1.54, 1.807) is 30.5 Å². The van der Waals surface area contributed by atoms with Gasteiger partial charge in [-0.2, -0.15) is 4.98 Å². The largest absolute Gasteiger partial charge is 0.481 e. The predicted molar refractivity (Wildman–Crippen MR) is 159 cm³/mol. The molecule has 4 rings (SSSR count). The molecular weight excluding hydrogens is 580 g/mol. The number of hydrogen-bond acceptors (Lipinski definition) is 12. The Kier molecular flexibility index (Phi) is 11.0. The Morgan fingerprint density at radius 3 is 2.60 bits per heavy atom. The van der Waals surface area contributed by atoms with Gasteiger partial charge in [0, 0.05) is 30.4 Å². The number of carbonyl (C=O) groups is 3. The lowest BCUT2D eigenvalue weighted by Crippen LogP contribution is -2.20. The zero-order valence-electron chi connectivity index (χ0n) is 22.4. The van der Waals surface area contributed by atoms with Crippen LogP contribution in [0.2, 0.25) is 0 Å². The minimum atomic E-state index is -1.14. The standard InChI is InChI=1S/C28H28N6O6S2/c29-28-33-25-24(26(37)34-28)32-20(16-31-25)10-6-17-4-7-18(8-5-17)21(35)15-19(27(38)39)9-11-23(36)40-13-14-41-42-22-3-1-2-12-30-22/h1-5,7-8,12,16,19H,6,9-11,13-15H2,(H,38,39)(H3,29,31,33,34,37)/t19-/m1/s1. The van der Waals surface area contributed by atoms with Crippen molar-refractivity contribution in [1.82, 2.24) is 24.9 Å². The first kappa shape index (κ1) is 30.7. The number of fused-ring (bicyclic) bond motifs is 1. The van der Waals surface area contributed by atoms with Crippen LogP contribution in [0.3, 0.4) is 0 Å². The van der Waals surface area contributed by atoms with Gasteiger partial charge in [-0.3, -0.25) is 24.2 Å². The van der Waals surface area contributed by atoms with Crippen molar-refractivity contribution in [3.05, 3.63) is 82.0 Å². The van der Waals surface area contributed by atoms with Crippen LogP contribution in [0.15, 0.2) is 64.7 Å². The molecule has 0 unspecified atom stereocenters. The van der Waals surface area contributed by atoms with E-state index < -0.39 is 23.4 Å². The number of nitrogens with one attached hydrogen (secondary N) is 1. The molecule has 3 heterocycles. The summed E-state index contributed by atoms with van der Waals surface area (Å²) >= 11 is 0. The zero-order valence-corrected chi connectivity index (χ0v) is 24.0. The predicted octanol–water partition coefficient (Wildman–Crippen LogP) is 3.51. The molecule has 0 aliphatic rings. The molecule has 14 heteroatoms. The first-order valence-electron chi connectivity index (χ1n) is 13.0. The van der Waals surface area contributed by atoms with Crippen LogP contribution in [0.5, 0.6) is 0 Å². The molecule has 0 aliphatic carbocycles. The molecule has 1 atom stereocenters. The van der Waals surface area contributed by atoms with E-state index in [1.165, 1.54) is 27.8 Å². The summed E-state index contributed by atoms with van der Waals surface area (Å²) in [7, 11) is 2.98. The van der Waals surface area contributed by atoms with E-state index in [4.69, 9.17) is 10.5 Å². The molecule has 218 valence electrons. The van der Waals surface area contributed by atoms with E-state index in [9.17, 15) is 24.3 Å². The van der Waals surface area contributed by atoms with Crippen LogP contribution >= 0.6 is 21.6 Å². The lowest BCUT2D eigenvalue weighted by Gasteiger charge is -2.12. The first-order valence-corrected chi connectivity index (χ1v) is 15.3. The fourth-order valence-electron chi connectivity index (χ4n) is 3.93. The maximum absolute atomic E-state index is 12.8. The summed E-state index contributed by atoms with van der Waals surface area (Å²) in [5.74, 6) is -2.42. The summed E-state index contributed by atoms with van der Waals surface area (Å²) in [5, 5.41) is 10.5. The number of nitrogen functional groups attached to an aromatic ring is 1. The van der Waals surface area contributed by atoms with Crippen molar-refractivity contribution in [2.75, 3.05) is 18.1 Å². The van der Waals surface area contributed by atoms with Gasteiger partial charge in [0.1, 0.15) is 11.6 Å². The van der Waals surface area contributed by atoms with Crippen LogP contribution in [-0.2, 0) is 27.2 Å². The Morgan fingerprint density at radius 1 is 1.05 bits per heavy atom. The van der Waals surface area contributed by atoms with Crippen molar-refractivity contribution in [1.29, 1.82) is 0 Å². The van der Waals surface area contributed by atoms with Gasteiger partial charge in [-0.1, -0.05) is 41.1 Å².